The molecule has 1 atom stereocenters. The predicted molar refractivity (Wildman–Crippen MR) is 175 cm³/mol. The molecule has 8 heteroatoms. The summed E-state index contributed by atoms with van der Waals surface area (Å²) in [6.45, 7) is 14.0. The maximum Gasteiger partial charge on any atom is 0.306 e. The van der Waals surface area contributed by atoms with Gasteiger partial charge in [-0.15, -0.1) is 0 Å². The Labute approximate surface area is 257 Å². The number of H-pyrrole nitrogens is 1. The van der Waals surface area contributed by atoms with Gasteiger partial charge in [-0.1, -0.05) is 13.8 Å². The van der Waals surface area contributed by atoms with E-state index < -0.39 is 0 Å². The van der Waals surface area contributed by atoms with Gasteiger partial charge in [0.05, 0.1) is 46.9 Å². The zero-order chi connectivity index (χ0) is 31.4. The lowest BCUT2D eigenvalue weighted by Crippen LogP contribution is -2.15. The molecule has 5 heterocycles. The van der Waals surface area contributed by atoms with E-state index in [2.05, 4.69) is 24.9 Å². The normalized spacial score (nSPS) is 19.8. The number of aliphatic hydroxyl groups excluding tert-OH is 2. The van der Waals surface area contributed by atoms with E-state index >= 15 is 0 Å². The van der Waals surface area contributed by atoms with Crippen LogP contribution in [0.5, 0.6) is 0 Å². The van der Waals surface area contributed by atoms with Crippen molar-refractivity contribution in [3.05, 3.63) is 89.8 Å². The largest absolute Gasteiger partial charge is 0.511 e. The lowest BCUT2D eigenvalue weighted by molar-refractivity contribution is -0.148. The number of carbonyl (C=O) groups is 1. The number of aromatic nitrogens is 1. The molecule has 1 aliphatic carbocycles. The third-order valence-corrected chi connectivity index (χ3v) is 9.46. The van der Waals surface area contributed by atoms with E-state index in [0.717, 1.165) is 102 Å². The Hall–Kier alpha value is -4.30. The summed E-state index contributed by atoms with van der Waals surface area (Å²) in [6.07, 6.45) is 8.49. The van der Waals surface area contributed by atoms with Gasteiger partial charge in [-0.05, 0) is 106 Å². The minimum atomic E-state index is -0.242. The van der Waals surface area contributed by atoms with Crippen LogP contribution in [0.25, 0.3) is 12.2 Å². The number of ether oxygens (including phenoxy) is 1. The number of aromatic amines is 1. The van der Waals surface area contributed by atoms with Crippen molar-refractivity contribution in [1.29, 1.82) is 0 Å². The average molecular weight is 593 g/mol. The van der Waals surface area contributed by atoms with E-state index in [1.807, 2.05) is 46.8 Å². The lowest BCUT2D eigenvalue weighted by atomic mass is 9.95. The highest BCUT2D eigenvalue weighted by molar-refractivity contribution is 6.25. The first kappa shape index (κ1) is 29.8. The van der Waals surface area contributed by atoms with Crippen molar-refractivity contribution in [3.8, 4) is 0 Å². The van der Waals surface area contributed by atoms with Crippen LogP contribution in [0.2, 0.25) is 0 Å². The van der Waals surface area contributed by atoms with E-state index in [9.17, 15) is 15.0 Å². The SMILES string of the molecule is CCc1c(C)c2[nH]c1=CC1=C(C)C3=C(O)CC(=C4N=C(C=C5N=C(C=2)C(CO)=C5C)C(C)=C4CCC(=O)OC(C)CC)C3=N1. The molecule has 6 rings (SSSR count). The van der Waals surface area contributed by atoms with Gasteiger partial charge in [0.2, 0.25) is 0 Å². The summed E-state index contributed by atoms with van der Waals surface area (Å²) in [5.41, 5.74) is 12.9. The number of nitrogens with zero attached hydrogens (tertiary/aromatic N) is 3. The molecule has 0 saturated carbocycles. The van der Waals surface area contributed by atoms with Crippen LogP contribution in [0, 0.1) is 6.92 Å². The Morgan fingerprint density at radius 1 is 0.977 bits per heavy atom. The number of allylic oxidation sites excluding steroid dienone is 8. The summed E-state index contributed by atoms with van der Waals surface area (Å²) in [4.78, 5) is 31.5. The first-order chi connectivity index (χ1) is 21.1. The van der Waals surface area contributed by atoms with Gasteiger partial charge >= 0.3 is 5.97 Å². The van der Waals surface area contributed by atoms with Crippen LogP contribution >= 0.6 is 0 Å². The number of fused-ring (bicyclic) bond motifs is 5. The number of aliphatic hydroxyl groups is 2. The van der Waals surface area contributed by atoms with Crippen LogP contribution < -0.4 is 10.7 Å². The van der Waals surface area contributed by atoms with Gasteiger partial charge in [-0.3, -0.25) is 4.79 Å². The highest BCUT2D eigenvalue weighted by Gasteiger charge is 2.37. The Kier molecular flexibility index (Phi) is 7.66. The molecule has 0 aromatic carbocycles. The van der Waals surface area contributed by atoms with Crippen LogP contribution in [-0.4, -0.2) is 51.0 Å². The van der Waals surface area contributed by atoms with Crippen molar-refractivity contribution in [3.63, 3.8) is 0 Å². The smallest absolute Gasteiger partial charge is 0.306 e. The minimum Gasteiger partial charge on any atom is -0.511 e. The zero-order valence-corrected chi connectivity index (χ0v) is 26.6. The van der Waals surface area contributed by atoms with Gasteiger partial charge in [0.1, 0.15) is 5.76 Å². The standard InChI is InChI=1S/C36H40N4O4/c1-8-17(3)44-33(43)11-10-23-19(5)28-13-26-20(6)25(16-41)31(38-26)14-27-18(4)22(9-2)30(37-27)15-29-21(7)34-32(42)12-24(35(23)39-28)36(34)40-29/h13-15,17,37,41-42H,8-12,16H2,1-7H3. The molecule has 4 aliphatic heterocycles. The third kappa shape index (κ3) is 4.81. The first-order valence-electron chi connectivity index (χ1n) is 15.5. The molecule has 1 aromatic rings. The molecule has 0 fully saturated rings. The molecular weight excluding hydrogens is 552 g/mol. The molecule has 1 unspecified atom stereocenters. The maximum absolute atomic E-state index is 12.7. The van der Waals surface area contributed by atoms with Crippen molar-refractivity contribution < 1.29 is 19.7 Å². The quantitative estimate of drug-likeness (QED) is 0.377. The van der Waals surface area contributed by atoms with Crippen molar-refractivity contribution in [2.24, 2.45) is 15.0 Å². The van der Waals surface area contributed by atoms with Crippen LogP contribution in [0.3, 0.4) is 0 Å². The molecule has 8 nitrogen and oxygen atoms in total. The van der Waals surface area contributed by atoms with Gasteiger partial charge in [-0.25, -0.2) is 15.0 Å². The van der Waals surface area contributed by atoms with E-state index in [0.29, 0.717) is 12.8 Å². The molecule has 44 heavy (non-hydrogen) atoms. The summed E-state index contributed by atoms with van der Waals surface area (Å²) in [6, 6.07) is 0. The van der Waals surface area contributed by atoms with E-state index in [-0.39, 0.29) is 30.9 Å². The first-order valence-corrected chi connectivity index (χ1v) is 15.5. The lowest BCUT2D eigenvalue weighted by Gasteiger charge is -2.12. The van der Waals surface area contributed by atoms with Gasteiger partial charge in [0.15, 0.2) is 0 Å². The molecule has 0 saturated heterocycles. The summed E-state index contributed by atoms with van der Waals surface area (Å²) in [5.74, 6) is 0.0428. The number of hydrogen-bond acceptors (Lipinski definition) is 7. The number of carbonyl (C=O) groups excluding carboxylic acids is 1. The fourth-order valence-corrected chi connectivity index (χ4v) is 6.60. The van der Waals surface area contributed by atoms with Crippen LogP contribution in [0.15, 0.2) is 82.9 Å². The number of aliphatic imine (C=N–C) groups is 3. The van der Waals surface area contributed by atoms with Crippen molar-refractivity contribution in [2.75, 3.05) is 6.61 Å². The molecule has 1 aromatic heterocycles. The van der Waals surface area contributed by atoms with Crippen molar-refractivity contribution >= 4 is 35.3 Å². The van der Waals surface area contributed by atoms with Crippen LogP contribution in [0.1, 0.15) is 78.4 Å². The monoisotopic (exact) mass is 592 g/mol. The van der Waals surface area contributed by atoms with Crippen LogP contribution in [0.4, 0.5) is 0 Å². The zero-order valence-electron chi connectivity index (χ0n) is 26.6. The molecular formula is C36H40N4O4. The summed E-state index contributed by atoms with van der Waals surface area (Å²) in [7, 11) is 0. The Balaban J connectivity index is 1.59. The Morgan fingerprint density at radius 3 is 2.45 bits per heavy atom. The second-order valence-electron chi connectivity index (χ2n) is 12.1. The van der Waals surface area contributed by atoms with Crippen molar-refractivity contribution in [2.45, 2.75) is 86.7 Å². The van der Waals surface area contributed by atoms with Gasteiger partial charge in [0.25, 0.3) is 0 Å². The van der Waals surface area contributed by atoms with Gasteiger partial charge in [0, 0.05) is 40.3 Å². The topological polar surface area (TPSA) is 120 Å². The molecule has 0 radical (unpaired) electrons. The summed E-state index contributed by atoms with van der Waals surface area (Å²) in [5, 5.41) is 23.5. The second-order valence-corrected chi connectivity index (χ2v) is 12.1. The fourth-order valence-electron chi connectivity index (χ4n) is 6.60. The van der Waals surface area contributed by atoms with Gasteiger partial charge < -0.3 is 19.9 Å². The molecule has 0 amide bonds. The maximum atomic E-state index is 12.7. The highest BCUT2D eigenvalue weighted by atomic mass is 16.5. The highest BCUT2D eigenvalue weighted by Crippen LogP contribution is 2.44. The number of esters is 1. The predicted octanol–water partition coefficient (Wildman–Crippen LogP) is 5.20. The second kappa shape index (κ2) is 11.3. The third-order valence-electron chi connectivity index (χ3n) is 9.46. The van der Waals surface area contributed by atoms with E-state index in [1.165, 1.54) is 5.56 Å². The number of nitrogens with one attached hydrogen (secondary N) is 1. The molecule has 0 spiro atoms. The van der Waals surface area contributed by atoms with Crippen LogP contribution in [-0.2, 0) is 16.0 Å². The van der Waals surface area contributed by atoms with E-state index in [1.54, 1.807) is 0 Å². The Bertz CT molecular complexity index is 1930. The molecule has 5 aliphatic rings. The molecule has 8 bridgehead atoms. The number of hydrogen-bond donors (Lipinski definition) is 3. The summed E-state index contributed by atoms with van der Waals surface area (Å²) >= 11 is 0. The minimum absolute atomic E-state index is 0.130. The molecule has 228 valence electrons. The number of rotatable bonds is 7. The van der Waals surface area contributed by atoms with Crippen molar-refractivity contribution in [1.82, 2.24) is 4.98 Å². The molecule has 3 N–H and O–H groups in total. The Morgan fingerprint density at radius 2 is 1.75 bits per heavy atom. The van der Waals surface area contributed by atoms with E-state index in [4.69, 9.17) is 19.7 Å². The van der Waals surface area contributed by atoms with Gasteiger partial charge in [-0.2, -0.15) is 0 Å². The fraction of sp³-hybridized carbons (Fsp3) is 0.389. The summed E-state index contributed by atoms with van der Waals surface area (Å²) < 4.78 is 5.57. The average Bonchev–Trinajstić information content (AvgIpc) is 3.74.